The van der Waals surface area contributed by atoms with Crippen LogP contribution < -0.4 is 15.8 Å². The van der Waals surface area contributed by atoms with Gasteiger partial charge in [-0.3, -0.25) is 24.0 Å². The van der Waals surface area contributed by atoms with E-state index in [1.54, 1.807) is 0 Å². The normalized spacial score (nSPS) is 11.7. The van der Waals surface area contributed by atoms with Crippen LogP contribution in [0.2, 0.25) is 0 Å². The number of hydrazine groups is 1. The summed E-state index contributed by atoms with van der Waals surface area (Å²) in [6.07, 6.45) is 0. The first kappa shape index (κ1) is 23.2. The monoisotopic (exact) mass is 460 g/mol. The minimum Gasteiger partial charge on any atom is -0.350 e. The van der Waals surface area contributed by atoms with Gasteiger partial charge in [-0.15, -0.1) is 0 Å². The molecule has 0 spiro atoms. The molecule has 0 atom stereocenters. The van der Waals surface area contributed by atoms with Crippen LogP contribution in [0, 0.1) is 10.1 Å². The Kier molecular flexibility index (Phi) is 6.43. The van der Waals surface area contributed by atoms with Crippen molar-refractivity contribution in [2.24, 2.45) is 0 Å². The largest absolute Gasteiger partial charge is 0.350 e. The molecule has 0 heterocycles. The number of hydrogen-bond donors (Lipinski definition) is 4. The summed E-state index contributed by atoms with van der Waals surface area (Å²) in [5.74, 6) is -0.584. The Bertz CT molecular complexity index is 1230. The summed E-state index contributed by atoms with van der Waals surface area (Å²) in [5, 5.41) is 14.7. The first-order valence-corrected chi connectivity index (χ1v) is 10.8. The molecule has 15 heteroatoms. The van der Waals surface area contributed by atoms with Crippen LogP contribution in [0.1, 0.15) is 6.92 Å². The Morgan fingerprint density at radius 1 is 1.07 bits per heavy atom. The summed E-state index contributed by atoms with van der Waals surface area (Å²) >= 11 is 0. The van der Waals surface area contributed by atoms with E-state index in [9.17, 15) is 36.3 Å². The van der Waals surface area contributed by atoms with Gasteiger partial charge in [0.05, 0.1) is 10.6 Å². The molecule has 162 valence electrons. The standard InChI is InChI=1S/C15H16N4O9S2/c1-9(20)18(16-2)13-6-3-10(7-15(13)30(26,27)28)17-12-5-4-11(29(23,24)25)8-14(12)19(21)22/h3-8,16-17H,1-2H3,(H,23,24,25)(H,26,27,28). The molecule has 0 saturated carbocycles. The van der Waals surface area contributed by atoms with Crippen LogP contribution in [0.5, 0.6) is 0 Å². The van der Waals surface area contributed by atoms with Crippen molar-refractivity contribution in [3.05, 3.63) is 46.5 Å². The Morgan fingerprint density at radius 3 is 2.17 bits per heavy atom. The van der Waals surface area contributed by atoms with Crippen molar-refractivity contribution >= 4 is 48.9 Å². The fourth-order valence-corrected chi connectivity index (χ4v) is 3.72. The molecule has 0 bridgehead atoms. The first-order valence-electron chi connectivity index (χ1n) is 7.88. The van der Waals surface area contributed by atoms with Gasteiger partial charge in [-0.1, -0.05) is 0 Å². The van der Waals surface area contributed by atoms with Gasteiger partial charge < -0.3 is 5.32 Å². The second-order valence-electron chi connectivity index (χ2n) is 5.77. The smallest absolute Gasteiger partial charge is 0.296 e. The summed E-state index contributed by atoms with van der Waals surface area (Å²) in [6, 6.07) is 5.89. The van der Waals surface area contributed by atoms with Gasteiger partial charge in [-0.2, -0.15) is 16.8 Å². The molecule has 1 amide bonds. The fraction of sp³-hybridized carbons (Fsp3) is 0.133. The van der Waals surface area contributed by atoms with E-state index in [1.807, 2.05) is 0 Å². The highest BCUT2D eigenvalue weighted by Gasteiger charge is 2.24. The number of nitrogens with zero attached hydrogens (tertiary/aromatic N) is 2. The van der Waals surface area contributed by atoms with Gasteiger partial charge in [0.2, 0.25) is 5.91 Å². The summed E-state index contributed by atoms with van der Waals surface area (Å²) in [4.78, 5) is 20.7. The summed E-state index contributed by atoms with van der Waals surface area (Å²) < 4.78 is 64.6. The zero-order valence-corrected chi connectivity index (χ0v) is 17.1. The molecule has 0 saturated heterocycles. The van der Waals surface area contributed by atoms with Crippen LogP contribution >= 0.6 is 0 Å². The van der Waals surface area contributed by atoms with Crippen molar-refractivity contribution in [2.45, 2.75) is 16.7 Å². The fourth-order valence-electron chi connectivity index (χ4n) is 2.51. The van der Waals surface area contributed by atoms with Crippen molar-refractivity contribution in [1.82, 2.24) is 5.43 Å². The Hall–Kier alpha value is -3.11. The van der Waals surface area contributed by atoms with Crippen molar-refractivity contribution < 1.29 is 35.7 Å². The van der Waals surface area contributed by atoms with Crippen LogP contribution in [0.15, 0.2) is 46.2 Å². The molecule has 0 aliphatic carbocycles. The van der Waals surface area contributed by atoms with Gasteiger partial charge in [0.15, 0.2) is 0 Å². The third-order valence-electron chi connectivity index (χ3n) is 3.76. The number of nitro groups is 1. The highest BCUT2D eigenvalue weighted by molar-refractivity contribution is 7.86. The maximum Gasteiger partial charge on any atom is 0.296 e. The maximum atomic E-state index is 11.8. The van der Waals surface area contributed by atoms with Gasteiger partial charge >= 0.3 is 0 Å². The first-order chi connectivity index (χ1) is 13.8. The molecule has 0 aliphatic rings. The van der Waals surface area contributed by atoms with Crippen LogP contribution in [-0.4, -0.2) is 43.8 Å². The quantitative estimate of drug-likeness (QED) is 0.264. The minimum atomic E-state index is -4.81. The lowest BCUT2D eigenvalue weighted by Crippen LogP contribution is -2.39. The average Bonchev–Trinajstić information content (AvgIpc) is 2.61. The second kappa shape index (κ2) is 8.33. The van der Waals surface area contributed by atoms with E-state index >= 15 is 0 Å². The van der Waals surface area contributed by atoms with E-state index in [1.165, 1.54) is 19.2 Å². The molecule has 30 heavy (non-hydrogen) atoms. The lowest BCUT2D eigenvalue weighted by Gasteiger charge is -2.22. The third-order valence-corrected chi connectivity index (χ3v) is 5.49. The van der Waals surface area contributed by atoms with Gasteiger partial charge in [0, 0.05) is 25.7 Å². The minimum absolute atomic E-state index is 0.0336. The number of benzene rings is 2. The van der Waals surface area contributed by atoms with Crippen LogP contribution in [0.3, 0.4) is 0 Å². The van der Waals surface area contributed by atoms with Gasteiger partial charge in [0.1, 0.15) is 15.5 Å². The zero-order valence-electron chi connectivity index (χ0n) is 15.4. The number of carbonyl (C=O) groups excluding carboxylic acids is 1. The second-order valence-corrected chi connectivity index (χ2v) is 8.58. The highest BCUT2D eigenvalue weighted by atomic mass is 32.2. The summed E-state index contributed by atoms with van der Waals surface area (Å²) in [7, 11) is -8.15. The molecule has 2 aromatic carbocycles. The zero-order chi connectivity index (χ0) is 22.9. The van der Waals surface area contributed by atoms with Crippen LogP contribution in [0.4, 0.5) is 22.7 Å². The van der Waals surface area contributed by atoms with Gasteiger partial charge in [-0.05, 0) is 30.3 Å². The number of nitrogens with one attached hydrogen (secondary N) is 2. The van der Waals surface area contributed by atoms with Crippen molar-refractivity contribution in [3.8, 4) is 0 Å². The van der Waals surface area contributed by atoms with E-state index in [0.717, 1.165) is 30.1 Å². The van der Waals surface area contributed by atoms with E-state index in [0.29, 0.717) is 6.07 Å². The lowest BCUT2D eigenvalue weighted by molar-refractivity contribution is -0.384. The molecule has 0 fully saturated rings. The molecule has 2 aromatic rings. The SMILES string of the molecule is CNN(C(C)=O)c1ccc(Nc2ccc(S(=O)(=O)O)cc2[N+](=O)[O-])cc1S(=O)(=O)O. The summed E-state index contributed by atoms with van der Waals surface area (Å²) in [5.41, 5.74) is 1.29. The van der Waals surface area contributed by atoms with E-state index in [2.05, 4.69) is 10.7 Å². The number of hydrogen-bond acceptors (Lipinski definition) is 9. The molecular formula is C15H16N4O9S2. The Labute approximate surface area is 170 Å². The third kappa shape index (κ3) is 5.08. The van der Waals surface area contributed by atoms with Crippen molar-refractivity contribution in [2.75, 3.05) is 17.4 Å². The molecule has 0 aromatic heterocycles. The summed E-state index contributed by atoms with van der Waals surface area (Å²) in [6.45, 7) is 1.15. The molecule has 4 N–H and O–H groups in total. The van der Waals surface area contributed by atoms with Gasteiger partial charge in [0.25, 0.3) is 25.9 Å². The Balaban J connectivity index is 2.59. The van der Waals surface area contributed by atoms with Crippen molar-refractivity contribution in [3.63, 3.8) is 0 Å². The molecule has 0 aliphatic heterocycles. The van der Waals surface area contributed by atoms with Crippen LogP contribution in [-0.2, 0) is 25.0 Å². The lowest BCUT2D eigenvalue weighted by atomic mass is 10.2. The average molecular weight is 460 g/mol. The van der Waals surface area contributed by atoms with E-state index in [4.69, 9.17) is 4.55 Å². The molecular weight excluding hydrogens is 444 g/mol. The molecule has 0 unspecified atom stereocenters. The number of nitro benzene ring substituents is 1. The predicted molar refractivity (Wildman–Crippen MR) is 105 cm³/mol. The number of amides is 1. The molecule has 2 rings (SSSR count). The highest BCUT2D eigenvalue weighted by Crippen LogP contribution is 2.33. The molecule has 13 nitrogen and oxygen atoms in total. The van der Waals surface area contributed by atoms with Crippen LogP contribution in [0.25, 0.3) is 0 Å². The van der Waals surface area contributed by atoms with Gasteiger partial charge in [-0.25, -0.2) is 10.4 Å². The number of anilines is 3. The Morgan fingerprint density at radius 2 is 1.70 bits per heavy atom. The number of rotatable bonds is 7. The topological polar surface area (TPSA) is 196 Å². The van der Waals surface area contributed by atoms with Crippen molar-refractivity contribution in [1.29, 1.82) is 0 Å². The van der Waals surface area contributed by atoms with E-state index < -0.39 is 46.5 Å². The maximum absolute atomic E-state index is 11.8. The van der Waals surface area contributed by atoms with E-state index in [-0.39, 0.29) is 17.1 Å². The number of carbonyl (C=O) groups is 1. The predicted octanol–water partition coefficient (Wildman–Crippen LogP) is 1.32. The molecule has 0 radical (unpaired) electrons.